The second kappa shape index (κ2) is 8.26. The van der Waals surface area contributed by atoms with E-state index >= 15 is 0 Å². The summed E-state index contributed by atoms with van der Waals surface area (Å²) in [6.07, 6.45) is -2.40. The van der Waals surface area contributed by atoms with E-state index in [4.69, 9.17) is 9.47 Å². The largest absolute Gasteiger partial charge is 0.388 e. The molecule has 0 fully saturated rings. The van der Waals surface area contributed by atoms with Crippen LogP contribution in [-0.4, -0.2) is 18.3 Å². The molecular weight excluding hydrogens is 304 g/mol. The van der Waals surface area contributed by atoms with Crippen LogP contribution in [0.5, 0.6) is 0 Å². The first-order valence-electron chi connectivity index (χ1n) is 6.78. The summed E-state index contributed by atoms with van der Waals surface area (Å²) in [5.74, 6) is -6.65. The van der Waals surface area contributed by atoms with Gasteiger partial charge in [0.1, 0.15) is 0 Å². The molecule has 0 saturated carbocycles. The Balaban J connectivity index is 3.47. The maximum absolute atomic E-state index is 14.1. The summed E-state index contributed by atoms with van der Waals surface area (Å²) in [6, 6.07) is 0. The number of hydrogen-bond donors (Lipinski definition) is 1. The lowest BCUT2D eigenvalue weighted by Crippen LogP contribution is -2.18. The zero-order valence-corrected chi connectivity index (χ0v) is 12.3. The normalized spacial score (nSPS) is 12.7. The number of ether oxygens (including phenoxy) is 2. The van der Waals surface area contributed by atoms with Crippen molar-refractivity contribution in [1.29, 1.82) is 0 Å². The SMILES string of the molecule is C=CCC(O)c1c(F)c(F)c(C(OCC)OCC)c(F)c1F. The first kappa shape index (κ1) is 18.6. The lowest BCUT2D eigenvalue weighted by Gasteiger charge is -2.21. The van der Waals surface area contributed by atoms with Crippen LogP contribution in [0.2, 0.25) is 0 Å². The molecule has 1 atom stereocenters. The summed E-state index contributed by atoms with van der Waals surface area (Å²) in [4.78, 5) is 0. The van der Waals surface area contributed by atoms with Crippen LogP contribution >= 0.6 is 0 Å². The van der Waals surface area contributed by atoms with Gasteiger partial charge < -0.3 is 14.6 Å². The molecule has 7 heteroatoms. The summed E-state index contributed by atoms with van der Waals surface area (Å²) in [5, 5.41) is 9.62. The number of rotatable bonds is 8. The van der Waals surface area contributed by atoms with E-state index in [1.165, 1.54) is 19.9 Å². The van der Waals surface area contributed by atoms with E-state index in [2.05, 4.69) is 6.58 Å². The van der Waals surface area contributed by atoms with Crippen molar-refractivity contribution in [3.8, 4) is 0 Å². The van der Waals surface area contributed by atoms with E-state index in [0.29, 0.717) is 0 Å². The fourth-order valence-electron chi connectivity index (χ4n) is 1.96. The molecule has 0 radical (unpaired) electrons. The van der Waals surface area contributed by atoms with Gasteiger partial charge in [-0.3, -0.25) is 0 Å². The molecule has 1 unspecified atom stereocenters. The fourth-order valence-corrected chi connectivity index (χ4v) is 1.96. The van der Waals surface area contributed by atoms with Gasteiger partial charge in [-0.15, -0.1) is 6.58 Å². The van der Waals surface area contributed by atoms with Gasteiger partial charge in [-0.05, 0) is 20.3 Å². The minimum absolute atomic E-state index is 0.0215. The topological polar surface area (TPSA) is 38.7 Å². The Bertz CT molecular complexity index is 499. The fraction of sp³-hybridized carbons (Fsp3) is 0.467. The van der Waals surface area contributed by atoms with Crippen molar-refractivity contribution in [3.05, 3.63) is 47.1 Å². The van der Waals surface area contributed by atoms with Gasteiger partial charge in [0.15, 0.2) is 29.6 Å². The third kappa shape index (κ3) is 3.66. The second-order valence-corrected chi connectivity index (χ2v) is 4.37. The molecule has 1 rings (SSSR count). The molecule has 0 heterocycles. The molecular formula is C15H18F4O3. The van der Waals surface area contributed by atoms with Gasteiger partial charge in [0.25, 0.3) is 0 Å². The minimum atomic E-state index is -1.74. The monoisotopic (exact) mass is 322 g/mol. The number of benzene rings is 1. The van der Waals surface area contributed by atoms with Crippen LogP contribution in [0, 0.1) is 23.3 Å². The molecule has 22 heavy (non-hydrogen) atoms. The molecule has 1 aromatic carbocycles. The smallest absolute Gasteiger partial charge is 0.189 e. The van der Waals surface area contributed by atoms with E-state index in [9.17, 15) is 22.7 Å². The summed E-state index contributed by atoms with van der Waals surface area (Å²) >= 11 is 0. The lowest BCUT2D eigenvalue weighted by molar-refractivity contribution is -0.144. The molecule has 0 aliphatic heterocycles. The number of aliphatic hydroxyl groups is 1. The van der Waals surface area contributed by atoms with Crippen molar-refractivity contribution in [2.24, 2.45) is 0 Å². The first-order valence-corrected chi connectivity index (χ1v) is 6.78. The Morgan fingerprint density at radius 2 is 1.36 bits per heavy atom. The van der Waals surface area contributed by atoms with Crippen molar-refractivity contribution < 1.29 is 32.1 Å². The van der Waals surface area contributed by atoms with Gasteiger partial charge in [0.2, 0.25) is 0 Å². The van der Waals surface area contributed by atoms with Gasteiger partial charge in [-0.2, -0.15) is 0 Å². The van der Waals surface area contributed by atoms with Crippen LogP contribution < -0.4 is 0 Å². The van der Waals surface area contributed by atoms with Crippen LogP contribution in [0.15, 0.2) is 12.7 Å². The van der Waals surface area contributed by atoms with E-state index in [-0.39, 0.29) is 19.6 Å². The molecule has 0 aromatic heterocycles. The van der Waals surface area contributed by atoms with Gasteiger partial charge >= 0.3 is 0 Å². The zero-order valence-electron chi connectivity index (χ0n) is 12.3. The highest BCUT2D eigenvalue weighted by atomic mass is 19.2. The summed E-state index contributed by atoms with van der Waals surface area (Å²) in [6.45, 7) is 6.41. The summed E-state index contributed by atoms with van der Waals surface area (Å²) < 4.78 is 66.3. The van der Waals surface area contributed by atoms with E-state index in [1.807, 2.05) is 0 Å². The molecule has 0 aliphatic rings. The van der Waals surface area contributed by atoms with Crippen LogP contribution in [0.25, 0.3) is 0 Å². The van der Waals surface area contributed by atoms with E-state index < -0.39 is 46.8 Å². The molecule has 0 saturated heterocycles. The van der Waals surface area contributed by atoms with Crippen LogP contribution in [-0.2, 0) is 9.47 Å². The average molecular weight is 322 g/mol. The van der Waals surface area contributed by atoms with Crippen LogP contribution in [0.1, 0.15) is 43.8 Å². The van der Waals surface area contributed by atoms with Gasteiger partial charge in [-0.1, -0.05) is 6.08 Å². The second-order valence-electron chi connectivity index (χ2n) is 4.37. The van der Waals surface area contributed by atoms with Crippen LogP contribution in [0.4, 0.5) is 17.6 Å². The molecule has 0 spiro atoms. The number of hydrogen-bond acceptors (Lipinski definition) is 3. The lowest BCUT2D eigenvalue weighted by atomic mass is 10.0. The van der Waals surface area contributed by atoms with Gasteiger partial charge in [0, 0.05) is 13.2 Å². The highest BCUT2D eigenvalue weighted by Gasteiger charge is 2.33. The Kier molecular flexibility index (Phi) is 6.99. The Labute approximate surface area is 126 Å². The average Bonchev–Trinajstić information content (AvgIpc) is 2.46. The third-order valence-electron chi connectivity index (χ3n) is 2.93. The zero-order chi connectivity index (χ0) is 16.9. The third-order valence-corrected chi connectivity index (χ3v) is 2.93. The van der Waals surface area contributed by atoms with Crippen molar-refractivity contribution in [2.45, 2.75) is 32.7 Å². The Morgan fingerprint density at radius 3 is 1.73 bits per heavy atom. The molecule has 0 aliphatic carbocycles. The predicted molar refractivity (Wildman–Crippen MR) is 72.0 cm³/mol. The minimum Gasteiger partial charge on any atom is -0.388 e. The van der Waals surface area contributed by atoms with Crippen molar-refractivity contribution in [3.63, 3.8) is 0 Å². The Hall–Kier alpha value is -1.44. The highest BCUT2D eigenvalue weighted by Crippen LogP contribution is 2.34. The maximum Gasteiger partial charge on any atom is 0.189 e. The highest BCUT2D eigenvalue weighted by molar-refractivity contribution is 5.32. The van der Waals surface area contributed by atoms with Crippen molar-refractivity contribution in [2.75, 3.05) is 13.2 Å². The molecule has 3 nitrogen and oxygen atoms in total. The number of aliphatic hydroxyl groups excluding tert-OH is 1. The molecule has 0 amide bonds. The summed E-state index contributed by atoms with van der Waals surface area (Å²) in [5.41, 5.74) is -2.07. The standard InChI is InChI=1S/C15H18F4O3/c1-4-7-8(20)9-11(16)13(18)10(14(19)12(9)17)15(21-5-2)22-6-3/h4,8,15,20H,1,5-7H2,2-3H3. The summed E-state index contributed by atoms with van der Waals surface area (Å²) in [7, 11) is 0. The number of halogens is 4. The quantitative estimate of drug-likeness (QED) is 0.341. The molecule has 1 aromatic rings. The van der Waals surface area contributed by atoms with Crippen molar-refractivity contribution >= 4 is 0 Å². The molecule has 124 valence electrons. The first-order chi connectivity index (χ1) is 10.4. The van der Waals surface area contributed by atoms with Gasteiger partial charge in [-0.25, -0.2) is 17.6 Å². The Morgan fingerprint density at radius 1 is 0.955 bits per heavy atom. The van der Waals surface area contributed by atoms with Crippen LogP contribution in [0.3, 0.4) is 0 Å². The maximum atomic E-state index is 14.1. The van der Waals surface area contributed by atoms with Crippen molar-refractivity contribution in [1.82, 2.24) is 0 Å². The molecule has 1 N–H and O–H groups in total. The van der Waals surface area contributed by atoms with E-state index in [0.717, 1.165) is 0 Å². The van der Waals surface area contributed by atoms with Gasteiger partial charge in [0.05, 0.1) is 17.2 Å². The predicted octanol–water partition coefficient (Wildman–Crippen LogP) is 3.92. The van der Waals surface area contributed by atoms with E-state index in [1.54, 1.807) is 0 Å². The molecule has 0 bridgehead atoms.